The number of alkyl halides is 7. The number of nitrogens with two attached hydrogens (primary N) is 1. The maximum absolute atomic E-state index is 15.7. The molecule has 0 heterocycles. The van der Waals surface area contributed by atoms with Gasteiger partial charge in [-0.25, -0.2) is 8.78 Å². The fourth-order valence-electron chi connectivity index (χ4n) is 4.45. The van der Waals surface area contributed by atoms with E-state index in [0.29, 0.717) is 4.90 Å². The molecule has 0 unspecified atom stereocenters. The van der Waals surface area contributed by atoms with E-state index < -0.39 is 76.0 Å². The first-order valence-electron chi connectivity index (χ1n) is 12.0. The van der Waals surface area contributed by atoms with Crippen LogP contribution in [-0.4, -0.2) is 43.7 Å². The van der Waals surface area contributed by atoms with Gasteiger partial charge in [-0.2, -0.15) is 26.3 Å². The first kappa shape index (κ1) is 32.0. The van der Waals surface area contributed by atoms with Crippen LogP contribution in [0, 0.1) is 19.7 Å². The van der Waals surface area contributed by atoms with E-state index in [1.54, 1.807) is 18.2 Å². The van der Waals surface area contributed by atoms with E-state index in [1.165, 1.54) is 31.3 Å². The van der Waals surface area contributed by atoms with Crippen molar-refractivity contribution >= 4 is 29.1 Å². The number of amides is 3. The van der Waals surface area contributed by atoms with Gasteiger partial charge in [-0.15, -0.1) is 0 Å². The summed E-state index contributed by atoms with van der Waals surface area (Å²) >= 11 is 0. The molecule has 0 aromatic heterocycles. The summed E-state index contributed by atoms with van der Waals surface area (Å²) in [4.78, 5) is 39.7. The Morgan fingerprint density at radius 1 is 0.786 bits per heavy atom. The molecule has 14 heteroatoms. The number of halogens is 8. The highest BCUT2D eigenvalue weighted by Gasteiger charge is 2.73. The Hall–Kier alpha value is -4.49. The number of hydrogen-bond acceptors (Lipinski definition) is 3. The van der Waals surface area contributed by atoms with Gasteiger partial charge in [0.25, 0.3) is 11.8 Å². The summed E-state index contributed by atoms with van der Waals surface area (Å²) in [6.07, 6.45) is -12.8. The van der Waals surface area contributed by atoms with Crippen LogP contribution in [0.1, 0.15) is 37.4 Å². The zero-order valence-corrected chi connectivity index (χ0v) is 22.2. The minimum atomic E-state index is -6.39. The van der Waals surface area contributed by atoms with E-state index >= 15 is 4.39 Å². The SMILES string of the molecule is Cc1cc(C(F)(C(F)(F)F)C(F)(F)F)cc(C)c1N(CC(N)=O)C(=O)c1cccc(N(C)C(=O)c2ccccc2)c1F. The van der Waals surface area contributed by atoms with Crippen molar-refractivity contribution < 1.29 is 49.5 Å². The second-order valence-corrected chi connectivity index (χ2v) is 9.34. The second kappa shape index (κ2) is 11.4. The van der Waals surface area contributed by atoms with Crippen molar-refractivity contribution in [1.82, 2.24) is 0 Å². The first-order chi connectivity index (χ1) is 19.3. The lowest BCUT2D eigenvalue weighted by Gasteiger charge is -2.32. The van der Waals surface area contributed by atoms with Gasteiger partial charge in [0.05, 0.1) is 16.9 Å². The molecule has 224 valence electrons. The normalized spacial score (nSPS) is 12.2. The third-order valence-electron chi connectivity index (χ3n) is 6.39. The molecule has 0 saturated heterocycles. The molecule has 0 fully saturated rings. The molecule has 2 N–H and O–H groups in total. The minimum Gasteiger partial charge on any atom is -0.368 e. The predicted molar refractivity (Wildman–Crippen MR) is 137 cm³/mol. The summed E-state index contributed by atoms with van der Waals surface area (Å²) in [7, 11) is 1.24. The van der Waals surface area contributed by atoms with Gasteiger partial charge in [-0.05, 0) is 49.2 Å². The van der Waals surface area contributed by atoms with Gasteiger partial charge in [0.15, 0.2) is 5.82 Å². The zero-order chi connectivity index (χ0) is 31.8. The highest BCUT2D eigenvalue weighted by molar-refractivity contribution is 6.11. The molecule has 0 aliphatic heterocycles. The molecule has 0 radical (unpaired) electrons. The van der Waals surface area contributed by atoms with Crippen LogP contribution in [0.5, 0.6) is 0 Å². The lowest BCUT2D eigenvalue weighted by molar-refractivity contribution is -0.348. The Labute approximate surface area is 234 Å². The molecular formula is C28H23F8N3O3. The van der Waals surface area contributed by atoms with Crippen molar-refractivity contribution in [3.63, 3.8) is 0 Å². The highest BCUT2D eigenvalue weighted by Crippen LogP contribution is 2.54. The summed E-state index contributed by atoms with van der Waals surface area (Å²) in [6, 6.07) is 11.6. The van der Waals surface area contributed by atoms with E-state index in [0.717, 1.165) is 24.8 Å². The summed E-state index contributed by atoms with van der Waals surface area (Å²) in [5, 5.41) is 0. The van der Waals surface area contributed by atoms with Gasteiger partial charge < -0.3 is 10.6 Å². The van der Waals surface area contributed by atoms with Gasteiger partial charge in [-0.1, -0.05) is 36.4 Å². The van der Waals surface area contributed by atoms with Gasteiger partial charge in [0.1, 0.15) is 6.54 Å². The van der Waals surface area contributed by atoms with Crippen molar-refractivity contribution in [2.45, 2.75) is 31.9 Å². The number of benzene rings is 3. The van der Waals surface area contributed by atoms with Crippen LogP contribution in [-0.2, 0) is 10.5 Å². The largest absolute Gasteiger partial charge is 0.435 e. The monoisotopic (exact) mass is 601 g/mol. The van der Waals surface area contributed by atoms with Crippen LogP contribution in [0.3, 0.4) is 0 Å². The van der Waals surface area contributed by atoms with E-state index in [-0.39, 0.29) is 23.4 Å². The Kier molecular flexibility index (Phi) is 8.70. The number of aryl methyl sites for hydroxylation is 2. The third-order valence-corrected chi connectivity index (χ3v) is 6.39. The number of anilines is 2. The number of hydrogen-bond donors (Lipinski definition) is 1. The lowest BCUT2D eigenvalue weighted by Crippen LogP contribution is -2.50. The molecule has 0 spiro atoms. The summed E-state index contributed by atoms with van der Waals surface area (Å²) in [5.41, 5.74) is -4.50. The summed E-state index contributed by atoms with van der Waals surface area (Å²) in [5.74, 6) is -4.28. The zero-order valence-electron chi connectivity index (χ0n) is 22.2. The maximum Gasteiger partial charge on any atom is 0.435 e. The Morgan fingerprint density at radius 2 is 1.31 bits per heavy atom. The van der Waals surface area contributed by atoms with Gasteiger partial charge >= 0.3 is 18.0 Å². The van der Waals surface area contributed by atoms with Crippen LogP contribution in [0.2, 0.25) is 0 Å². The highest BCUT2D eigenvalue weighted by atomic mass is 19.4. The van der Waals surface area contributed by atoms with Crippen LogP contribution >= 0.6 is 0 Å². The predicted octanol–water partition coefficient (Wildman–Crippen LogP) is 6.14. The molecule has 3 amide bonds. The molecule has 6 nitrogen and oxygen atoms in total. The van der Waals surface area contributed by atoms with E-state index in [4.69, 9.17) is 5.73 Å². The van der Waals surface area contributed by atoms with Crippen LogP contribution < -0.4 is 15.5 Å². The number of carbonyl (C=O) groups excluding carboxylic acids is 3. The molecule has 0 atom stereocenters. The average Bonchev–Trinajstić information content (AvgIpc) is 2.89. The average molecular weight is 601 g/mol. The fourth-order valence-corrected chi connectivity index (χ4v) is 4.45. The standard InChI is InChI=1S/C28H23F8N3O3/c1-15-12-18(26(30,27(31,32)33)28(34,35)36)13-16(2)23(15)39(14-21(37)40)25(42)19-10-7-11-20(22(19)29)38(3)24(41)17-8-5-4-6-9-17/h4-13H,14H2,1-3H3,(H2,37,40). The molecule has 3 aromatic rings. The molecule has 3 aromatic carbocycles. The van der Waals surface area contributed by atoms with Crippen LogP contribution in [0.25, 0.3) is 0 Å². The Balaban J connectivity index is 2.14. The Morgan fingerprint density at radius 3 is 1.79 bits per heavy atom. The molecule has 0 aliphatic rings. The maximum atomic E-state index is 15.7. The molecule has 0 aliphatic carbocycles. The quantitative estimate of drug-likeness (QED) is 0.331. The fraction of sp³-hybridized carbons (Fsp3) is 0.250. The minimum absolute atomic E-state index is 0.194. The van der Waals surface area contributed by atoms with E-state index in [1.807, 2.05) is 0 Å². The van der Waals surface area contributed by atoms with Crippen LogP contribution in [0.15, 0.2) is 60.7 Å². The molecule has 0 saturated carbocycles. The van der Waals surface area contributed by atoms with Crippen molar-refractivity contribution in [2.24, 2.45) is 5.73 Å². The third kappa shape index (κ3) is 5.78. The van der Waals surface area contributed by atoms with E-state index in [9.17, 15) is 45.1 Å². The van der Waals surface area contributed by atoms with Crippen molar-refractivity contribution in [2.75, 3.05) is 23.4 Å². The van der Waals surface area contributed by atoms with E-state index in [2.05, 4.69) is 0 Å². The summed E-state index contributed by atoms with van der Waals surface area (Å²) in [6.45, 7) is 1.00. The molecule has 0 bridgehead atoms. The topological polar surface area (TPSA) is 83.7 Å². The van der Waals surface area contributed by atoms with Crippen molar-refractivity contribution in [3.8, 4) is 0 Å². The number of carbonyl (C=O) groups is 3. The van der Waals surface area contributed by atoms with Gasteiger partial charge in [0, 0.05) is 18.2 Å². The van der Waals surface area contributed by atoms with Crippen molar-refractivity contribution in [1.29, 1.82) is 0 Å². The number of rotatable bonds is 7. The smallest absolute Gasteiger partial charge is 0.368 e. The number of primary amides is 1. The lowest BCUT2D eigenvalue weighted by atomic mass is 9.90. The molecule has 42 heavy (non-hydrogen) atoms. The first-order valence-corrected chi connectivity index (χ1v) is 12.0. The molecular weight excluding hydrogens is 578 g/mol. The van der Waals surface area contributed by atoms with Crippen LogP contribution in [0.4, 0.5) is 46.5 Å². The second-order valence-electron chi connectivity index (χ2n) is 9.34. The van der Waals surface area contributed by atoms with Crippen molar-refractivity contribution in [3.05, 3.63) is 94.3 Å². The number of nitrogens with zero attached hydrogens (tertiary/aromatic N) is 2. The van der Waals surface area contributed by atoms with Gasteiger partial charge in [0.2, 0.25) is 5.91 Å². The van der Waals surface area contributed by atoms with Gasteiger partial charge in [-0.3, -0.25) is 19.3 Å². The molecule has 3 rings (SSSR count). The Bertz CT molecular complexity index is 1480. The summed E-state index contributed by atoms with van der Waals surface area (Å²) < 4.78 is 111.